The summed E-state index contributed by atoms with van der Waals surface area (Å²) in [5.74, 6) is -2.44. The molecule has 7 nitrogen and oxygen atoms in total. The first-order valence-corrected chi connectivity index (χ1v) is 12.9. The molecule has 1 saturated carbocycles. The van der Waals surface area contributed by atoms with E-state index in [0.717, 1.165) is 35.2 Å². The average Bonchev–Trinajstić information content (AvgIpc) is 2.91. The van der Waals surface area contributed by atoms with Gasteiger partial charge in [-0.3, -0.25) is 9.59 Å². The van der Waals surface area contributed by atoms with E-state index in [9.17, 15) is 24.6 Å². The van der Waals surface area contributed by atoms with Crippen molar-refractivity contribution in [2.75, 3.05) is 5.32 Å². The Bertz CT molecular complexity index is 1240. The molecule has 7 heteroatoms. The number of amides is 1. The molecule has 0 aromatic heterocycles. The zero-order valence-electron chi connectivity index (χ0n) is 21.8. The van der Waals surface area contributed by atoms with Gasteiger partial charge in [0.05, 0.1) is 17.4 Å². The number of hydrogen-bond acceptors (Lipinski definition) is 4. The summed E-state index contributed by atoms with van der Waals surface area (Å²) in [4.78, 5) is 34.5. The van der Waals surface area contributed by atoms with Gasteiger partial charge in [0.1, 0.15) is 5.75 Å². The van der Waals surface area contributed by atoms with Gasteiger partial charge in [0.25, 0.3) is 0 Å². The zero-order valence-corrected chi connectivity index (χ0v) is 21.8. The van der Waals surface area contributed by atoms with E-state index in [0.29, 0.717) is 24.8 Å². The predicted molar refractivity (Wildman–Crippen MR) is 147 cm³/mol. The van der Waals surface area contributed by atoms with Gasteiger partial charge < -0.3 is 20.6 Å². The van der Waals surface area contributed by atoms with Crippen LogP contribution in [-0.2, 0) is 16.0 Å². The number of carboxylic acid groups (broad SMARTS) is 2. The van der Waals surface area contributed by atoms with Gasteiger partial charge in [-0.1, -0.05) is 67.8 Å². The lowest BCUT2D eigenvalue weighted by molar-refractivity contribution is -0.147. The molecule has 0 radical (unpaired) electrons. The SMILES string of the molecule is CC(Cc1ccccc1C(=O)O)c1ccc(O)cc1.Cc1ccc(NC(=O)[C@@H]2CCCC[C@@H]2C(=O)O)cc1. The highest BCUT2D eigenvalue weighted by Gasteiger charge is 2.35. The van der Waals surface area contributed by atoms with Crippen molar-refractivity contribution in [2.24, 2.45) is 11.8 Å². The van der Waals surface area contributed by atoms with E-state index in [4.69, 9.17) is 5.11 Å². The van der Waals surface area contributed by atoms with E-state index in [-0.39, 0.29) is 17.6 Å². The van der Waals surface area contributed by atoms with Crippen LogP contribution in [0.4, 0.5) is 5.69 Å². The van der Waals surface area contributed by atoms with E-state index < -0.39 is 23.8 Å². The van der Waals surface area contributed by atoms with E-state index in [1.165, 1.54) is 0 Å². The number of carbonyl (C=O) groups is 3. The summed E-state index contributed by atoms with van der Waals surface area (Å²) >= 11 is 0. The lowest BCUT2D eigenvalue weighted by Gasteiger charge is -2.27. The molecule has 4 N–H and O–H groups in total. The van der Waals surface area contributed by atoms with Crippen LogP contribution in [-0.4, -0.2) is 33.2 Å². The van der Waals surface area contributed by atoms with Gasteiger partial charge in [-0.05, 0) is 73.6 Å². The van der Waals surface area contributed by atoms with Crippen molar-refractivity contribution >= 4 is 23.5 Å². The van der Waals surface area contributed by atoms with Crippen molar-refractivity contribution in [3.63, 3.8) is 0 Å². The lowest BCUT2D eigenvalue weighted by atomic mass is 9.78. The fraction of sp³-hybridized carbons (Fsp3) is 0.323. The number of anilines is 1. The molecule has 1 amide bonds. The van der Waals surface area contributed by atoms with E-state index >= 15 is 0 Å². The lowest BCUT2D eigenvalue weighted by Crippen LogP contribution is -2.36. The van der Waals surface area contributed by atoms with Crippen LogP contribution in [0.3, 0.4) is 0 Å². The van der Waals surface area contributed by atoms with Crippen LogP contribution < -0.4 is 5.32 Å². The van der Waals surface area contributed by atoms with Crippen LogP contribution >= 0.6 is 0 Å². The highest BCUT2D eigenvalue weighted by Crippen LogP contribution is 2.31. The Morgan fingerprint density at radius 1 is 0.868 bits per heavy atom. The Hall–Kier alpha value is -4.13. The third-order valence-electron chi connectivity index (χ3n) is 6.98. The summed E-state index contributed by atoms with van der Waals surface area (Å²) < 4.78 is 0. The van der Waals surface area contributed by atoms with Crippen LogP contribution in [0.1, 0.15) is 65.6 Å². The maximum Gasteiger partial charge on any atom is 0.335 e. The Morgan fingerprint density at radius 2 is 1.47 bits per heavy atom. The first kappa shape index (κ1) is 28.4. The molecule has 1 fully saturated rings. The molecule has 3 atom stereocenters. The first-order chi connectivity index (χ1) is 18.2. The molecule has 1 unspecified atom stereocenters. The molecule has 0 heterocycles. The Balaban J connectivity index is 0.000000211. The maximum atomic E-state index is 12.2. The molecule has 200 valence electrons. The summed E-state index contributed by atoms with van der Waals surface area (Å²) in [6, 6.07) is 21.6. The molecular weight excluding hydrogens is 482 g/mol. The monoisotopic (exact) mass is 517 g/mol. The molecular formula is C31H35NO6. The number of aliphatic carboxylic acids is 1. The fourth-order valence-electron chi connectivity index (χ4n) is 4.77. The third kappa shape index (κ3) is 7.93. The second-order valence-corrected chi connectivity index (χ2v) is 9.85. The Labute approximate surface area is 223 Å². The first-order valence-electron chi connectivity index (χ1n) is 12.9. The van der Waals surface area contributed by atoms with Crippen LogP contribution in [0.25, 0.3) is 0 Å². The summed E-state index contributed by atoms with van der Waals surface area (Å²) in [6.45, 7) is 4.03. The summed E-state index contributed by atoms with van der Waals surface area (Å²) in [5.41, 5.74) is 4.12. The normalized spacial score (nSPS) is 17.4. The van der Waals surface area contributed by atoms with Crippen LogP contribution in [0.15, 0.2) is 72.8 Å². The van der Waals surface area contributed by atoms with E-state index in [1.807, 2.05) is 62.4 Å². The molecule has 1 aliphatic carbocycles. The highest BCUT2D eigenvalue weighted by atomic mass is 16.4. The maximum absolute atomic E-state index is 12.2. The van der Waals surface area contributed by atoms with Crippen LogP contribution in [0.5, 0.6) is 5.75 Å². The van der Waals surface area contributed by atoms with Crippen molar-refractivity contribution in [3.05, 3.63) is 95.1 Å². The highest BCUT2D eigenvalue weighted by molar-refractivity contribution is 5.95. The van der Waals surface area contributed by atoms with Gasteiger partial charge in [0, 0.05) is 5.69 Å². The smallest absolute Gasteiger partial charge is 0.335 e. The number of phenols is 1. The quantitative estimate of drug-likeness (QED) is 0.293. The van der Waals surface area contributed by atoms with Gasteiger partial charge in [-0.15, -0.1) is 0 Å². The molecule has 0 spiro atoms. The standard InChI is InChI=1S/C16H16O3.C15H19NO3/c1-11(12-6-8-14(17)9-7-12)10-13-4-2-3-5-15(13)16(18)19;1-10-6-8-11(9-7-10)16-14(17)12-4-2-3-5-13(12)15(18)19/h2-9,11,17H,10H2,1H3,(H,18,19);6-9,12-13H,2-5H2,1H3,(H,16,17)(H,18,19)/t;12-,13+/m.1/s1. The van der Waals surface area contributed by atoms with Crippen LogP contribution in [0.2, 0.25) is 0 Å². The van der Waals surface area contributed by atoms with Crippen LogP contribution in [0, 0.1) is 18.8 Å². The van der Waals surface area contributed by atoms with Crippen molar-refractivity contribution in [2.45, 2.75) is 51.9 Å². The Morgan fingerprint density at radius 3 is 2.08 bits per heavy atom. The zero-order chi connectivity index (χ0) is 27.7. The van der Waals surface area contributed by atoms with E-state index in [1.54, 1.807) is 24.3 Å². The number of carbonyl (C=O) groups excluding carboxylic acids is 1. The number of aryl methyl sites for hydroxylation is 1. The van der Waals surface area contributed by atoms with Crippen molar-refractivity contribution in [3.8, 4) is 5.75 Å². The minimum Gasteiger partial charge on any atom is -0.508 e. The molecule has 3 aromatic rings. The molecule has 3 aromatic carbocycles. The minimum atomic E-state index is -0.895. The fourth-order valence-corrected chi connectivity index (χ4v) is 4.77. The topological polar surface area (TPSA) is 124 Å². The number of benzene rings is 3. The molecule has 38 heavy (non-hydrogen) atoms. The average molecular weight is 518 g/mol. The van der Waals surface area contributed by atoms with Gasteiger partial charge in [0.2, 0.25) is 5.91 Å². The van der Waals surface area contributed by atoms with Crippen molar-refractivity contribution < 1.29 is 29.7 Å². The van der Waals surface area contributed by atoms with Gasteiger partial charge in [0.15, 0.2) is 0 Å². The number of rotatable bonds is 7. The second-order valence-electron chi connectivity index (χ2n) is 9.85. The van der Waals surface area contributed by atoms with E-state index in [2.05, 4.69) is 5.32 Å². The molecule has 0 aliphatic heterocycles. The van der Waals surface area contributed by atoms with Crippen molar-refractivity contribution in [1.82, 2.24) is 0 Å². The number of hydrogen-bond donors (Lipinski definition) is 4. The van der Waals surface area contributed by atoms with Gasteiger partial charge in [-0.25, -0.2) is 4.79 Å². The second kappa shape index (κ2) is 13.4. The third-order valence-corrected chi connectivity index (χ3v) is 6.98. The summed E-state index contributed by atoms with van der Waals surface area (Å²) in [6.07, 6.45) is 3.74. The predicted octanol–water partition coefficient (Wildman–Crippen LogP) is 6.26. The minimum absolute atomic E-state index is 0.170. The molecule has 4 rings (SSSR count). The number of aromatic carboxylic acids is 1. The Kier molecular flexibility index (Phi) is 10.0. The number of carboxylic acids is 2. The molecule has 0 bridgehead atoms. The number of phenolic OH excluding ortho intramolecular Hbond substituents is 1. The largest absolute Gasteiger partial charge is 0.508 e. The molecule has 1 aliphatic rings. The van der Waals surface area contributed by atoms with Gasteiger partial charge in [-0.2, -0.15) is 0 Å². The summed E-state index contributed by atoms with van der Waals surface area (Å²) in [7, 11) is 0. The van der Waals surface area contributed by atoms with Crippen molar-refractivity contribution in [1.29, 1.82) is 0 Å². The number of aromatic hydroxyl groups is 1. The van der Waals surface area contributed by atoms with Gasteiger partial charge >= 0.3 is 11.9 Å². The molecule has 0 saturated heterocycles. The number of nitrogens with one attached hydrogen (secondary N) is 1. The summed E-state index contributed by atoms with van der Waals surface area (Å²) in [5, 5.41) is 30.4.